The monoisotopic (exact) mass is 321 g/mol. The first-order chi connectivity index (χ1) is 10.6. The second kappa shape index (κ2) is 5.82. The van der Waals surface area contributed by atoms with Gasteiger partial charge < -0.3 is 9.80 Å². The van der Waals surface area contributed by atoms with Gasteiger partial charge in [-0.25, -0.2) is 9.79 Å². The van der Waals surface area contributed by atoms with Crippen LogP contribution >= 0.6 is 11.8 Å². The van der Waals surface area contributed by atoms with Crippen molar-refractivity contribution in [3.8, 4) is 0 Å². The van der Waals surface area contributed by atoms with E-state index in [0.29, 0.717) is 5.92 Å². The summed E-state index contributed by atoms with van der Waals surface area (Å²) < 4.78 is 0. The molecule has 0 radical (unpaired) electrons. The fraction of sp³-hybridized carbons (Fsp3) is 0.882. The van der Waals surface area contributed by atoms with Gasteiger partial charge in [0.15, 0.2) is 0 Å². The van der Waals surface area contributed by atoms with Crippen LogP contribution in [0.25, 0.3) is 0 Å². The van der Waals surface area contributed by atoms with Crippen molar-refractivity contribution in [3.63, 3.8) is 0 Å². The number of urea groups is 1. The van der Waals surface area contributed by atoms with Gasteiger partial charge in [0, 0.05) is 47.8 Å². The lowest BCUT2D eigenvalue weighted by molar-refractivity contribution is 0.183. The van der Waals surface area contributed by atoms with Crippen molar-refractivity contribution in [1.82, 2.24) is 9.80 Å². The molecule has 0 spiro atoms. The second-order valence-corrected chi connectivity index (χ2v) is 9.25. The Bertz CT molecular complexity index is 480. The topological polar surface area (TPSA) is 35.9 Å². The number of carbonyl (C=O) groups excluding carboxylic acids is 1. The molecule has 0 aromatic rings. The maximum Gasteiger partial charge on any atom is 0.343 e. The molecular weight excluding hydrogens is 294 g/mol. The summed E-state index contributed by atoms with van der Waals surface area (Å²) in [6, 6.07) is 1.65. The lowest BCUT2D eigenvalue weighted by Crippen LogP contribution is -2.44. The predicted octanol–water partition coefficient (Wildman–Crippen LogP) is 3.02. The van der Waals surface area contributed by atoms with Crippen LogP contribution in [-0.2, 0) is 0 Å². The van der Waals surface area contributed by atoms with Crippen molar-refractivity contribution < 1.29 is 4.79 Å². The van der Waals surface area contributed by atoms with Crippen molar-refractivity contribution in [2.24, 2.45) is 10.9 Å². The highest BCUT2D eigenvalue weighted by atomic mass is 32.2. The summed E-state index contributed by atoms with van der Waals surface area (Å²) in [4.78, 5) is 20.4. The molecule has 0 aromatic heterocycles. The number of fused-ring (bicyclic) bond motifs is 3. The summed E-state index contributed by atoms with van der Waals surface area (Å²) in [6.07, 6.45) is 9.09. The van der Waals surface area contributed by atoms with Gasteiger partial charge in [0.05, 0.1) is 0 Å². The highest BCUT2D eigenvalue weighted by Gasteiger charge is 2.40. The quantitative estimate of drug-likeness (QED) is 0.784. The van der Waals surface area contributed by atoms with E-state index in [2.05, 4.69) is 28.7 Å². The summed E-state index contributed by atoms with van der Waals surface area (Å²) >= 11 is 2.26. The molecule has 0 aromatic carbocycles. The van der Waals surface area contributed by atoms with Gasteiger partial charge in [-0.2, -0.15) is 11.8 Å². The van der Waals surface area contributed by atoms with Crippen molar-refractivity contribution in [1.29, 1.82) is 0 Å². The van der Waals surface area contributed by atoms with Crippen molar-refractivity contribution in [3.05, 3.63) is 0 Å². The lowest BCUT2D eigenvalue weighted by atomic mass is 9.85. The molecule has 4 atom stereocenters. The summed E-state index contributed by atoms with van der Waals surface area (Å²) in [5.74, 6) is 0.525. The molecule has 4 unspecified atom stereocenters. The maximum atomic E-state index is 11.7. The van der Waals surface area contributed by atoms with Crippen LogP contribution in [0.3, 0.4) is 0 Å². The third-order valence-electron chi connectivity index (χ3n) is 6.24. The standard InChI is InChI=1S/C17H27N3OS/c1-19-10-11-7-14(5-6-16(11)18-17(19)21)22-15-8-12-3-4-13(9-15)20(12)2/h11-15H,3-10H2,1-2H3. The van der Waals surface area contributed by atoms with Crippen LogP contribution < -0.4 is 0 Å². The average molecular weight is 321 g/mol. The summed E-state index contributed by atoms with van der Waals surface area (Å²) in [7, 11) is 4.20. The zero-order chi connectivity index (χ0) is 15.3. The SMILES string of the molecule is CN1CC2CC(SC3CC4CCC(C3)N4C)CCC2=NC1=O. The molecule has 22 heavy (non-hydrogen) atoms. The zero-order valence-electron chi connectivity index (χ0n) is 13.7. The maximum absolute atomic E-state index is 11.7. The van der Waals surface area contributed by atoms with E-state index in [1.165, 1.54) is 44.2 Å². The number of thioether (sulfide) groups is 1. The Morgan fingerprint density at radius 3 is 2.50 bits per heavy atom. The molecule has 2 amide bonds. The molecule has 4 nitrogen and oxygen atoms in total. The molecule has 2 bridgehead atoms. The lowest BCUT2D eigenvalue weighted by Gasteiger charge is -2.40. The fourth-order valence-corrected chi connectivity index (χ4v) is 6.70. The Kier molecular flexibility index (Phi) is 3.97. The van der Waals surface area contributed by atoms with Crippen LogP contribution in [-0.4, -0.2) is 64.8 Å². The summed E-state index contributed by atoms with van der Waals surface area (Å²) in [5, 5.41) is 1.64. The Labute approximate surface area is 137 Å². The minimum absolute atomic E-state index is 0.0377. The number of hydrogen-bond acceptors (Lipinski definition) is 3. The van der Waals surface area contributed by atoms with E-state index >= 15 is 0 Å². The van der Waals surface area contributed by atoms with E-state index in [-0.39, 0.29) is 6.03 Å². The molecule has 1 saturated carbocycles. The number of aliphatic imine (C=N–C) groups is 1. The van der Waals surface area contributed by atoms with E-state index in [1.807, 2.05) is 7.05 Å². The van der Waals surface area contributed by atoms with Gasteiger partial charge in [0.25, 0.3) is 0 Å². The number of nitrogens with zero attached hydrogens (tertiary/aromatic N) is 3. The molecule has 122 valence electrons. The van der Waals surface area contributed by atoms with Gasteiger partial charge >= 0.3 is 6.03 Å². The highest BCUT2D eigenvalue weighted by Crippen LogP contribution is 2.43. The Morgan fingerprint density at radius 2 is 1.77 bits per heavy atom. The Hall–Kier alpha value is -0.550. The van der Waals surface area contributed by atoms with Gasteiger partial charge in [-0.3, -0.25) is 0 Å². The molecule has 4 rings (SSSR count). The molecule has 2 saturated heterocycles. The van der Waals surface area contributed by atoms with Crippen molar-refractivity contribution in [2.75, 3.05) is 20.6 Å². The van der Waals surface area contributed by atoms with Crippen LogP contribution in [0.1, 0.15) is 44.9 Å². The first-order valence-corrected chi connectivity index (χ1v) is 9.74. The van der Waals surface area contributed by atoms with E-state index < -0.39 is 0 Å². The van der Waals surface area contributed by atoms with Gasteiger partial charge in [0.2, 0.25) is 0 Å². The van der Waals surface area contributed by atoms with Crippen LogP contribution in [0.2, 0.25) is 0 Å². The van der Waals surface area contributed by atoms with E-state index in [0.717, 1.165) is 35.5 Å². The zero-order valence-corrected chi connectivity index (χ0v) is 14.5. The number of piperidine rings is 1. The minimum Gasteiger partial charge on any atom is -0.325 e. The number of amides is 2. The highest BCUT2D eigenvalue weighted by molar-refractivity contribution is 8.00. The number of hydrogen-bond donors (Lipinski definition) is 0. The van der Waals surface area contributed by atoms with Crippen LogP contribution in [0.5, 0.6) is 0 Å². The van der Waals surface area contributed by atoms with Gasteiger partial charge in [-0.1, -0.05) is 0 Å². The van der Waals surface area contributed by atoms with Crippen LogP contribution in [0, 0.1) is 5.92 Å². The third kappa shape index (κ3) is 2.71. The molecule has 3 fully saturated rings. The molecular formula is C17H27N3OS. The Morgan fingerprint density at radius 1 is 1.05 bits per heavy atom. The van der Waals surface area contributed by atoms with Gasteiger partial charge in [-0.05, 0) is 52.0 Å². The molecule has 4 aliphatic rings. The van der Waals surface area contributed by atoms with E-state index in [4.69, 9.17) is 0 Å². The van der Waals surface area contributed by atoms with Crippen LogP contribution in [0.15, 0.2) is 4.99 Å². The third-order valence-corrected chi connectivity index (χ3v) is 7.82. The number of rotatable bonds is 2. The van der Waals surface area contributed by atoms with E-state index in [1.54, 1.807) is 4.90 Å². The smallest absolute Gasteiger partial charge is 0.325 e. The first kappa shape index (κ1) is 15.0. The molecule has 0 N–H and O–H groups in total. The molecule has 3 aliphatic heterocycles. The fourth-order valence-electron chi connectivity index (χ4n) is 4.90. The first-order valence-electron chi connectivity index (χ1n) is 8.80. The van der Waals surface area contributed by atoms with Crippen molar-refractivity contribution >= 4 is 23.5 Å². The summed E-state index contributed by atoms with van der Waals surface area (Å²) in [6.45, 7) is 0.882. The average Bonchev–Trinajstić information content (AvgIpc) is 2.71. The molecule has 3 heterocycles. The van der Waals surface area contributed by atoms with Crippen molar-refractivity contribution in [2.45, 2.75) is 67.5 Å². The Balaban J connectivity index is 1.36. The molecule has 1 aliphatic carbocycles. The summed E-state index contributed by atoms with van der Waals surface area (Å²) in [5.41, 5.74) is 1.18. The van der Waals surface area contributed by atoms with Crippen LogP contribution in [0.4, 0.5) is 4.79 Å². The predicted molar refractivity (Wildman–Crippen MR) is 91.8 cm³/mol. The normalized spacial score (nSPS) is 42.3. The number of carbonyl (C=O) groups is 1. The van der Waals surface area contributed by atoms with E-state index in [9.17, 15) is 4.79 Å². The molecule has 5 heteroatoms. The largest absolute Gasteiger partial charge is 0.343 e. The van der Waals surface area contributed by atoms with Gasteiger partial charge in [0.1, 0.15) is 0 Å². The van der Waals surface area contributed by atoms with Gasteiger partial charge in [-0.15, -0.1) is 0 Å². The minimum atomic E-state index is -0.0377. The second-order valence-electron chi connectivity index (χ2n) is 7.64.